The van der Waals surface area contributed by atoms with Gasteiger partial charge in [-0.15, -0.1) is 0 Å². The number of halogens is 1. The summed E-state index contributed by atoms with van der Waals surface area (Å²) in [6.45, 7) is 4.90. The van der Waals surface area contributed by atoms with E-state index < -0.39 is 0 Å². The number of aromatic nitrogens is 2. The quantitative estimate of drug-likeness (QED) is 0.743. The summed E-state index contributed by atoms with van der Waals surface area (Å²) in [6.07, 6.45) is 4.14. The Bertz CT molecular complexity index is 677. The van der Waals surface area contributed by atoms with E-state index in [1.807, 2.05) is 12.1 Å². The summed E-state index contributed by atoms with van der Waals surface area (Å²) in [5.41, 5.74) is 2.83. The minimum Gasteiger partial charge on any atom is -0.372 e. The summed E-state index contributed by atoms with van der Waals surface area (Å²) in [6, 6.07) is 7.78. The van der Waals surface area contributed by atoms with Gasteiger partial charge in [0.15, 0.2) is 0 Å². The average molecular weight is 392 g/mol. The molecule has 1 fully saturated rings. The Kier molecular flexibility index (Phi) is 5.40. The fraction of sp³-hybridized carbons (Fsp3) is 0.412. The summed E-state index contributed by atoms with van der Waals surface area (Å²) in [5, 5.41) is 12.4. The van der Waals surface area contributed by atoms with Crippen molar-refractivity contribution in [3.63, 3.8) is 0 Å². The van der Waals surface area contributed by atoms with E-state index in [2.05, 4.69) is 60.7 Å². The molecule has 1 aromatic heterocycles. The lowest BCUT2D eigenvalue weighted by atomic mass is 9.99. The molecule has 3 rings (SSSR count). The zero-order valence-electron chi connectivity index (χ0n) is 13.7. The van der Waals surface area contributed by atoms with Gasteiger partial charge in [-0.25, -0.2) is 4.79 Å². The molecule has 2 heterocycles. The fourth-order valence-electron chi connectivity index (χ4n) is 2.79. The van der Waals surface area contributed by atoms with Gasteiger partial charge in [0.2, 0.25) is 0 Å². The second-order valence-electron chi connectivity index (χ2n) is 6.22. The number of urea groups is 1. The maximum absolute atomic E-state index is 12.0. The first-order valence-corrected chi connectivity index (χ1v) is 8.98. The zero-order chi connectivity index (χ0) is 16.9. The minimum absolute atomic E-state index is 0.240. The van der Waals surface area contributed by atoms with E-state index >= 15 is 0 Å². The molecule has 0 aliphatic carbocycles. The van der Waals surface area contributed by atoms with Crippen LogP contribution >= 0.6 is 15.9 Å². The number of carbonyl (C=O) groups excluding carboxylic acids is 1. The highest BCUT2D eigenvalue weighted by molar-refractivity contribution is 9.10. The number of hydrogen-bond acceptors (Lipinski definition) is 3. The molecule has 0 unspecified atom stereocenters. The van der Waals surface area contributed by atoms with E-state index in [4.69, 9.17) is 0 Å². The van der Waals surface area contributed by atoms with Gasteiger partial charge < -0.3 is 15.5 Å². The molecule has 1 saturated heterocycles. The lowest BCUT2D eigenvalue weighted by Crippen LogP contribution is -2.32. The van der Waals surface area contributed by atoms with Gasteiger partial charge in [-0.05, 0) is 59.0 Å². The molecular weight excluding hydrogens is 370 g/mol. The van der Waals surface area contributed by atoms with E-state index in [1.54, 1.807) is 6.20 Å². The van der Waals surface area contributed by atoms with Crippen molar-refractivity contribution in [2.75, 3.05) is 23.3 Å². The lowest BCUT2D eigenvalue weighted by molar-refractivity contribution is 0.251. The summed E-state index contributed by atoms with van der Waals surface area (Å²) in [4.78, 5) is 14.4. The molecule has 1 aliphatic rings. The first-order valence-electron chi connectivity index (χ1n) is 8.19. The molecule has 0 spiro atoms. The monoisotopic (exact) mass is 391 g/mol. The van der Waals surface area contributed by atoms with Gasteiger partial charge >= 0.3 is 6.03 Å². The second kappa shape index (κ2) is 7.70. The van der Waals surface area contributed by atoms with Crippen LogP contribution in [0.2, 0.25) is 0 Å². The molecule has 0 atom stereocenters. The molecule has 1 aliphatic heterocycles. The maximum atomic E-state index is 12.0. The van der Waals surface area contributed by atoms with Crippen LogP contribution < -0.4 is 15.5 Å². The number of hydrogen-bond donors (Lipinski definition) is 3. The second-order valence-corrected chi connectivity index (χ2v) is 7.07. The number of nitrogens with zero attached hydrogens (tertiary/aromatic N) is 2. The Labute approximate surface area is 150 Å². The number of amides is 2. The van der Waals surface area contributed by atoms with Gasteiger partial charge in [0, 0.05) is 24.5 Å². The maximum Gasteiger partial charge on any atom is 0.319 e. The van der Waals surface area contributed by atoms with Crippen LogP contribution in [0.3, 0.4) is 0 Å². The van der Waals surface area contributed by atoms with Gasteiger partial charge in [-0.3, -0.25) is 5.10 Å². The molecule has 1 aromatic carbocycles. The van der Waals surface area contributed by atoms with Gasteiger partial charge in [0.05, 0.1) is 22.9 Å². The van der Waals surface area contributed by atoms with E-state index in [-0.39, 0.29) is 6.03 Å². The summed E-state index contributed by atoms with van der Waals surface area (Å²) in [7, 11) is 0. The Morgan fingerprint density at radius 3 is 2.67 bits per heavy atom. The SMILES string of the molecule is CC1CCN(c2ccc(NC(=O)NCc3[nH]ncc3Br)cc2)CC1. The first kappa shape index (κ1) is 16.8. The highest BCUT2D eigenvalue weighted by Crippen LogP contribution is 2.24. The summed E-state index contributed by atoms with van der Waals surface area (Å²) >= 11 is 3.36. The molecule has 24 heavy (non-hydrogen) atoms. The predicted molar refractivity (Wildman–Crippen MR) is 99.2 cm³/mol. The van der Waals surface area contributed by atoms with E-state index in [0.717, 1.165) is 34.9 Å². The third-order valence-corrected chi connectivity index (χ3v) is 5.05. The predicted octanol–water partition coefficient (Wildman–Crippen LogP) is 3.73. The highest BCUT2D eigenvalue weighted by atomic mass is 79.9. The van der Waals surface area contributed by atoms with E-state index in [1.165, 1.54) is 18.5 Å². The Morgan fingerprint density at radius 1 is 1.33 bits per heavy atom. The van der Waals surface area contributed by atoms with Crippen LogP contribution in [0.1, 0.15) is 25.5 Å². The minimum atomic E-state index is -0.240. The number of benzene rings is 1. The van der Waals surface area contributed by atoms with Crippen LogP contribution in [0.15, 0.2) is 34.9 Å². The van der Waals surface area contributed by atoms with Crippen LogP contribution in [0, 0.1) is 5.92 Å². The smallest absolute Gasteiger partial charge is 0.319 e. The highest BCUT2D eigenvalue weighted by Gasteiger charge is 2.15. The van der Waals surface area contributed by atoms with Crippen LogP contribution in [-0.4, -0.2) is 29.3 Å². The molecule has 6 nitrogen and oxygen atoms in total. The zero-order valence-corrected chi connectivity index (χ0v) is 15.3. The van der Waals surface area contributed by atoms with Gasteiger partial charge in [-0.1, -0.05) is 6.92 Å². The van der Waals surface area contributed by atoms with Crippen molar-refractivity contribution in [3.8, 4) is 0 Å². The number of carbonyl (C=O) groups is 1. The number of piperidine rings is 1. The van der Waals surface area contributed by atoms with Gasteiger partial charge in [0.1, 0.15) is 0 Å². The van der Waals surface area contributed by atoms with Crippen molar-refractivity contribution >= 4 is 33.3 Å². The van der Waals surface area contributed by atoms with E-state index in [0.29, 0.717) is 6.54 Å². The number of H-pyrrole nitrogens is 1. The number of aromatic amines is 1. The van der Waals surface area contributed by atoms with E-state index in [9.17, 15) is 4.79 Å². The number of rotatable bonds is 4. The number of nitrogens with one attached hydrogen (secondary N) is 3. The molecule has 2 amide bonds. The van der Waals surface area contributed by atoms with Crippen molar-refractivity contribution in [2.45, 2.75) is 26.3 Å². The Hall–Kier alpha value is -2.02. The number of anilines is 2. The first-order chi connectivity index (χ1) is 11.6. The summed E-state index contributed by atoms with van der Waals surface area (Å²) < 4.78 is 0.850. The molecule has 2 aromatic rings. The largest absolute Gasteiger partial charge is 0.372 e. The fourth-order valence-corrected chi connectivity index (χ4v) is 3.12. The normalized spacial score (nSPS) is 15.3. The molecule has 3 N–H and O–H groups in total. The van der Waals surface area contributed by atoms with Crippen molar-refractivity contribution in [2.24, 2.45) is 5.92 Å². The molecule has 128 valence electrons. The van der Waals surface area contributed by atoms with Crippen molar-refractivity contribution < 1.29 is 4.79 Å². The van der Waals surface area contributed by atoms with Crippen LogP contribution in [0.25, 0.3) is 0 Å². The molecule has 0 bridgehead atoms. The van der Waals surface area contributed by atoms with Crippen LogP contribution in [0.5, 0.6) is 0 Å². The van der Waals surface area contributed by atoms with Crippen molar-refractivity contribution in [1.29, 1.82) is 0 Å². The topological polar surface area (TPSA) is 73.1 Å². The molecular formula is C17H22BrN5O. The molecule has 0 saturated carbocycles. The Balaban J connectivity index is 1.50. The lowest BCUT2D eigenvalue weighted by Gasteiger charge is -2.32. The van der Waals surface area contributed by atoms with Crippen LogP contribution in [-0.2, 0) is 6.54 Å². The van der Waals surface area contributed by atoms with Gasteiger partial charge in [-0.2, -0.15) is 5.10 Å². The van der Waals surface area contributed by atoms with Gasteiger partial charge in [0.25, 0.3) is 0 Å². The van der Waals surface area contributed by atoms with Crippen molar-refractivity contribution in [3.05, 3.63) is 40.6 Å². The summed E-state index contributed by atoms with van der Waals surface area (Å²) in [5.74, 6) is 0.820. The van der Waals surface area contributed by atoms with Crippen molar-refractivity contribution in [1.82, 2.24) is 15.5 Å². The third kappa shape index (κ3) is 4.29. The molecule has 7 heteroatoms. The average Bonchev–Trinajstić information content (AvgIpc) is 3.00. The standard InChI is InChI=1S/C17H22BrN5O/c1-12-6-8-23(9-7-12)14-4-2-13(3-5-14)21-17(24)19-11-16-15(18)10-20-22-16/h2-5,10,12H,6-9,11H2,1H3,(H,20,22)(H2,19,21,24). The van der Waals surface area contributed by atoms with Crippen LogP contribution in [0.4, 0.5) is 16.2 Å². The molecule has 0 radical (unpaired) electrons. The Morgan fingerprint density at radius 2 is 2.04 bits per heavy atom. The third-order valence-electron chi connectivity index (χ3n) is 4.37.